The Bertz CT molecular complexity index is 779. The summed E-state index contributed by atoms with van der Waals surface area (Å²) in [6.07, 6.45) is 2.29. The zero-order valence-corrected chi connectivity index (χ0v) is 17.1. The molecule has 0 aliphatic carbocycles. The van der Waals surface area contributed by atoms with Gasteiger partial charge in [0.15, 0.2) is 0 Å². The summed E-state index contributed by atoms with van der Waals surface area (Å²) in [5, 5.41) is 9.33. The lowest BCUT2D eigenvalue weighted by Gasteiger charge is -2.30. The van der Waals surface area contributed by atoms with Crippen molar-refractivity contribution in [2.75, 3.05) is 10.6 Å². The molecule has 3 rings (SSSR count). The van der Waals surface area contributed by atoms with Crippen molar-refractivity contribution in [1.29, 1.82) is 0 Å². The lowest BCUT2D eigenvalue weighted by atomic mass is 9.96. The zero-order valence-electron chi connectivity index (χ0n) is 17.1. The van der Waals surface area contributed by atoms with E-state index in [1.54, 1.807) is 0 Å². The average Bonchev–Trinajstić information content (AvgIpc) is 2.67. The van der Waals surface area contributed by atoms with E-state index in [2.05, 4.69) is 16.0 Å². The van der Waals surface area contributed by atoms with Gasteiger partial charge in [0.2, 0.25) is 11.8 Å². The number of hydrogen-bond donors (Lipinski definition) is 3. The first-order valence-electron chi connectivity index (χ1n) is 9.87. The van der Waals surface area contributed by atoms with Gasteiger partial charge in [-0.2, -0.15) is 0 Å². The standard InChI is InChI=1S/C23H29N3O2/c1-14-8-5-9-15(2)20(14)25-22(27)18-12-7-13-19(24-18)23(28)26-21-16(3)10-6-11-17(21)4/h5-6,8-11,18-19,24H,7,12-13H2,1-4H3,(H,25,27)(H,26,28). The molecule has 2 unspecified atom stereocenters. The number of carbonyl (C=O) groups excluding carboxylic acids is 2. The van der Waals surface area contributed by atoms with Crippen LogP contribution >= 0.6 is 0 Å². The number of anilines is 2. The fourth-order valence-electron chi connectivity index (χ4n) is 3.79. The Morgan fingerprint density at radius 1 is 0.750 bits per heavy atom. The van der Waals surface area contributed by atoms with Crippen LogP contribution in [0.2, 0.25) is 0 Å². The van der Waals surface area contributed by atoms with E-state index in [-0.39, 0.29) is 23.9 Å². The minimum atomic E-state index is -0.374. The monoisotopic (exact) mass is 379 g/mol. The molecule has 0 radical (unpaired) electrons. The van der Waals surface area contributed by atoms with Crippen LogP contribution in [0.5, 0.6) is 0 Å². The van der Waals surface area contributed by atoms with E-state index in [9.17, 15) is 9.59 Å². The lowest BCUT2D eigenvalue weighted by molar-refractivity contribution is -0.121. The molecular weight excluding hydrogens is 350 g/mol. The van der Waals surface area contributed by atoms with Crippen LogP contribution in [0, 0.1) is 27.7 Å². The maximum atomic E-state index is 12.8. The second-order valence-electron chi connectivity index (χ2n) is 7.71. The predicted molar refractivity (Wildman–Crippen MR) is 114 cm³/mol. The Kier molecular flexibility index (Phi) is 6.15. The molecular formula is C23H29N3O2. The van der Waals surface area contributed by atoms with Crippen LogP contribution in [0.3, 0.4) is 0 Å². The van der Waals surface area contributed by atoms with E-state index in [0.29, 0.717) is 0 Å². The van der Waals surface area contributed by atoms with Crippen LogP contribution in [0.25, 0.3) is 0 Å². The molecule has 2 atom stereocenters. The highest BCUT2D eigenvalue weighted by atomic mass is 16.2. The summed E-state index contributed by atoms with van der Waals surface area (Å²) < 4.78 is 0. The Balaban J connectivity index is 1.66. The summed E-state index contributed by atoms with van der Waals surface area (Å²) in [5.41, 5.74) is 5.86. The highest BCUT2D eigenvalue weighted by Crippen LogP contribution is 2.23. The molecule has 0 bridgehead atoms. The molecule has 5 heteroatoms. The van der Waals surface area contributed by atoms with Gasteiger partial charge in [0, 0.05) is 11.4 Å². The first-order chi connectivity index (χ1) is 13.4. The van der Waals surface area contributed by atoms with Gasteiger partial charge in [0.25, 0.3) is 0 Å². The number of amides is 2. The molecule has 3 N–H and O–H groups in total. The molecule has 148 valence electrons. The van der Waals surface area contributed by atoms with E-state index in [0.717, 1.165) is 52.9 Å². The van der Waals surface area contributed by atoms with Crippen molar-refractivity contribution >= 4 is 23.2 Å². The fourth-order valence-corrected chi connectivity index (χ4v) is 3.79. The van der Waals surface area contributed by atoms with Crippen LogP contribution in [-0.2, 0) is 9.59 Å². The van der Waals surface area contributed by atoms with E-state index in [4.69, 9.17) is 0 Å². The van der Waals surface area contributed by atoms with E-state index >= 15 is 0 Å². The number of para-hydroxylation sites is 2. The van der Waals surface area contributed by atoms with E-state index < -0.39 is 0 Å². The molecule has 1 saturated heterocycles. The maximum absolute atomic E-state index is 12.8. The molecule has 0 saturated carbocycles. The van der Waals surface area contributed by atoms with Crippen LogP contribution in [0.4, 0.5) is 11.4 Å². The first-order valence-corrected chi connectivity index (χ1v) is 9.87. The third-order valence-electron chi connectivity index (χ3n) is 5.48. The predicted octanol–water partition coefficient (Wildman–Crippen LogP) is 4.01. The van der Waals surface area contributed by atoms with Crippen molar-refractivity contribution in [3.8, 4) is 0 Å². The normalized spacial score (nSPS) is 19.1. The number of hydrogen-bond acceptors (Lipinski definition) is 3. The summed E-state index contributed by atoms with van der Waals surface area (Å²) in [6.45, 7) is 7.94. The van der Waals surface area contributed by atoms with Crippen molar-refractivity contribution in [3.63, 3.8) is 0 Å². The van der Waals surface area contributed by atoms with Gasteiger partial charge in [0.05, 0.1) is 12.1 Å². The Morgan fingerprint density at radius 3 is 1.46 bits per heavy atom. The van der Waals surface area contributed by atoms with Gasteiger partial charge in [0.1, 0.15) is 0 Å². The first kappa shape index (κ1) is 20.1. The number of nitrogens with one attached hydrogen (secondary N) is 3. The van der Waals surface area contributed by atoms with E-state index in [1.165, 1.54) is 0 Å². The van der Waals surface area contributed by atoms with Crippen LogP contribution in [0.15, 0.2) is 36.4 Å². The van der Waals surface area contributed by atoms with Gasteiger partial charge in [-0.15, -0.1) is 0 Å². The molecule has 0 spiro atoms. The Morgan fingerprint density at radius 2 is 1.11 bits per heavy atom. The second-order valence-corrected chi connectivity index (χ2v) is 7.71. The third-order valence-corrected chi connectivity index (χ3v) is 5.48. The second kappa shape index (κ2) is 8.57. The Hall–Kier alpha value is -2.66. The van der Waals surface area contributed by atoms with Gasteiger partial charge >= 0.3 is 0 Å². The van der Waals surface area contributed by atoms with Gasteiger partial charge in [-0.3, -0.25) is 14.9 Å². The summed E-state index contributed by atoms with van der Waals surface area (Å²) in [4.78, 5) is 25.6. The van der Waals surface area contributed by atoms with Crippen LogP contribution in [0.1, 0.15) is 41.5 Å². The summed E-state index contributed by atoms with van der Waals surface area (Å²) in [6, 6.07) is 11.1. The molecule has 28 heavy (non-hydrogen) atoms. The van der Waals surface area contributed by atoms with Crippen molar-refractivity contribution in [1.82, 2.24) is 5.32 Å². The molecule has 1 heterocycles. The van der Waals surface area contributed by atoms with Gasteiger partial charge < -0.3 is 10.6 Å². The fraction of sp³-hybridized carbons (Fsp3) is 0.391. The van der Waals surface area contributed by atoms with Gasteiger partial charge in [-0.25, -0.2) is 0 Å². The molecule has 1 aliphatic rings. The number of benzene rings is 2. The summed E-state index contributed by atoms with van der Waals surface area (Å²) in [7, 11) is 0. The quantitative estimate of drug-likeness (QED) is 0.752. The minimum Gasteiger partial charge on any atom is -0.324 e. The van der Waals surface area contributed by atoms with Crippen molar-refractivity contribution in [2.24, 2.45) is 0 Å². The molecule has 2 amide bonds. The summed E-state index contributed by atoms with van der Waals surface area (Å²) >= 11 is 0. The molecule has 5 nitrogen and oxygen atoms in total. The van der Waals surface area contributed by atoms with Crippen molar-refractivity contribution < 1.29 is 9.59 Å². The molecule has 2 aromatic rings. The van der Waals surface area contributed by atoms with Crippen molar-refractivity contribution in [2.45, 2.75) is 59.0 Å². The highest BCUT2D eigenvalue weighted by Gasteiger charge is 2.31. The van der Waals surface area contributed by atoms with Gasteiger partial charge in [-0.1, -0.05) is 36.4 Å². The van der Waals surface area contributed by atoms with Crippen LogP contribution < -0.4 is 16.0 Å². The van der Waals surface area contributed by atoms with Crippen molar-refractivity contribution in [3.05, 3.63) is 58.7 Å². The molecule has 1 fully saturated rings. The Labute approximate surface area is 166 Å². The highest BCUT2D eigenvalue weighted by molar-refractivity contribution is 5.99. The smallest absolute Gasteiger partial charge is 0.241 e. The number of rotatable bonds is 4. The molecule has 1 aliphatic heterocycles. The summed E-state index contributed by atoms with van der Waals surface area (Å²) in [5.74, 6) is -0.163. The molecule has 0 aromatic heterocycles. The number of piperidine rings is 1. The zero-order chi connectivity index (χ0) is 20.3. The topological polar surface area (TPSA) is 70.2 Å². The molecule has 2 aromatic carbocycles. The number of aryl methyl sites for hydroxylation is 4. The average molecular weight is 380 g/mol. The third kappa shape index (κ3) is 4.42. The van der Waals surface area contributed by atoms with E-state index in [1.807, 2.05) is 64.1 Å². The number of carbonyl (C=O) groups is 2. The lowest BCUT2D eigenvalue weighted by Crippen LogP contribution is -2.53. The maximum Gasteiger partial charge on any atom is 0.241 e. The van der Waals surface area contributed by atoms with Gasteiger partial charge in [-0.05, 0) is 69.2 Å². The van der Waals surface area contributed by atoms with Crippen LogP contribution in [-0.4, -0.2) is 23.9 Å². The largest absolute Gasteiger partial charge is 0.324 e. The minimum absolute atomic E-state index is 0.0815. The SMILES string of the molecule is Cc1cccc(C)c1NC(=O)C1CCCC(C(=O)Nc2c(C)cccc2C)N1.